The minimum absolute atomic E-state index is 0.649. The zero-order chi connectivity index (χ0) is 8.43. The van der Waals surface area contributed by atoms with Crippen molar-refractivity contribution in [2.75, 3.05) is 0 Å². The molecule has 0 fully saturated rings. The zero-order valence-corrected chi connectivity index (χ0v) is 7.81. The lowest BCUT2D eigenvalue weighted by atomic mass is 9.81. The first-order valence-electron chi connectivity index (χ1n) is 4.18. The molecule has 2 heteroatoms. The van der Waals surface area contributed by atoms with Crippen LogP contribution in [0.25, 0.3) is 0 Å². The normalized spacial score (nSPS) is 10.5. The summed E-state index contributed by atoms with van der Waals surface area (Å²) in [5.74, 6) is 0.649. The highest BCUT2D eigenvalue weighted by atomic mass is 14.0. The highest BCUT2D eigenvalue weighted by molar-refractivity contribution is 6.38. The number of hydrogen-bond acceptors (Lipinski definition) is 0. The fraction of sp³-hybridized carbons (Fsp3) is 0.333. The van der Waals surface area contributed by atoms with Crippen LogP contribution in [0.5, 0.6) is 0 Å². The van der Waals surface area contributed by atoms with Crippen LogP contribution in [0.2, 0.25) is 0 Å². The first kappa shape index (κ1) is 8.45. The maximum Gasteiger partial charge on any atom is 0.139 e. The molecule has 56 valence electrons. The molecule has 1 aromatic carbocycles. The number of benzene rings is 1. The van der Waals surface area contributed by atoms with E-state index in [1.54, 1.807) is 0 Å². The van der Waals surface area contributed by atoms with Crippen molar-refractivity contribution in [3.63, 3.8) is 0 Å². The molecular formula is C9H14B2. The van der Waals surface area contributed by atoms with Crippen LogP contribution in [0.4, 0.5) is 0 Å². The Bertz CT molecular complexity index is 254. The molecule has 0 radical (unpaired) electrons. The quantitative estimate of drug-likeness (QED) is 0.458. The molecule has 0 saturated carbocycles. The molecule has 0 N–H and O–H groups in total. The number of rotatable bonds is 1. The van der Waals surface area contributed by atoms with Crippen molar-refractivity contribution in [2.45, 2.75) is 19.8 Å². The molecule has 0 aliphatic carbocycles. The highest BCUT2D eigenvalue weighted by Crippen LogP contribution is 2.08. The van der Waals surface area contributed by atoms with E-state index in [0.717, 1.165) is 0 Å². The average Bonchev–Trinajstić information content (AvgIpc) is 1.85. The van der Waals surface area contributed by atoms with E-state index in [4.69, 9.17) is 0 Å². The molecule has 11 heavy (non-hydrogen) atoms. The Balaban J connectivity index is 3.09. The van der Waals surface area contributed by atoms with Gasteiger partial charge in [-0.1, -0.05) is 48.5 Å². The highest BCUT2D eigenvalue weighted by Gasteiger charge is 2.01. The van der Waals surface area contributed by atoms with Gasteiger partial charge in [0, 0.05) is 0 Å². The predicted molar refractivity (Wildman–Crippen MR) is 56.9 cm³/mol. The van der Waals surface area contributed by atoms with Gasteiger partial charge < -0.3 is 0 Å². The summed E-state index contributed by atoms with van der Waals surface area (Å²) in [7, 11) is 4.32. The smallest absolute Gasteiger partial charge is 0.0895 e. The second kappa shape index (κ2) is 3.17. The van der Waals surface area contributed by atoms with Crippen molar-refractivity contribution >= 4 is 26.6 Å². The van der Waals surface area contributed by atoms with Crippen LogP contribution in [0.15, 0.2) is 18.2 Å². The van der Waals surface area contributed by atoms with Crippen molar-refractivity contribution in [3.8, 4) is 0 Å². The van der Waals surface area contributed by atoms with E-state index in [1.165, 1.54) is 16.5 Å². The monoisotopic (exact) mass is 144 g/mol. The molecule has 0 nitrogen and oxygen atoms in total. The Kier molecular flexibility index (Phi) is 2.43. The molecule has 0 heterocycles. The van der Waals surface area contributed by atoms with Crippen LogP contribution in [-0.2, 0) is 0 Å². The fourth-order valence-electron chi connectivity index (χ4n) is 1.47. The van der Waals surface area contributed by atoms with Gasteiger partial charge in [-0.15, -0.1) is 0 Å². The van der Waals surface area contributed by atoms with Gasteiger partial charge >= 0.3 is 0 Å². The van der Waals surface area contributed by atoms with Crippen molar-refractivity contribution in [1.82, 2.24) is 0 Å². The van der Waals surface area contributed by atoms with Crippen molar-refractivity contribution < 1.29 is 0 Å². The predicted octanol–water partition coefficient (Wildman–Crippen LogP) is -0.673. The summed E-state index contributed by atoms with van der Waals surface area (Å²) in [5.41, 5.74) is 4.24. The van der Waals surface area contributed by atoms with E-state index in [0.29, 0.717) is 5.92 Å². The SMILES string of the molecule is Bc1ccc(C(C)C)c(B)c1. The van der Waals surface area contributed by atoms with Gasteiger partial charge in [-0.25, -0.2) is 0 Å². The van der Waals surface area contributed by atoms with Gasteiger partial charge in [0.15, 0.2) is 0 Å². The van der Waals surface area contributed by atoms with Gasteiger partial charge in [-0.05, 0) is 5.92 Å². The summed E-state index contributed by atoms with van der Waals surface area (Å²) in [5, 5.41) is 0. The van der Waals surface area contributed by atoms with Crippen molar-refractivity contribution in [2.24, 2.45) is 0 Å². The van der Waals surface area contributed by atoms with Crippen LogP contribution in [0, 0.1) is 0 Å². The summed E-state index contributed by atoms with van der Waals surface area (Å²) >= 11 is 0. The van der Waals surface area contributed by atoms with Crippen LogP contribution in [-0.4, -0.2) is 15.7 Å². The summed E-state index contributed by atoms with van der Waals surface area (Å²) in [6.45, 7) is 4.47. The molecule has 1 aromatic rings. The third-order valence-corrected chi connectivity index (χ3v) is 2.05. The summed E-state index contributed by atoms with van der Waals surface area (Å²) in [4.78, 5) is 0. The summed E-state index contributed by atoms with van der Waals surface area (Å²) < 4.78 is 0. The lowest BCUT2D eigenvalue weighted by molar-refractivity contribution is 0.874. The Hall–Kier alpha value is -0.650. The van der Waals surface area contributed by atoms with E-state index in [9.17, 15) is 0 Å². The Labute approximate surface area is 70.8 Å². The molecule has 0 aliphatic heterocycles. The lowest BCUT2D eigenvalue weighted by Gasteiger charge is -2.09. The molecule has 0 atom stereocenters. The van der Waals surface area contributed by atoms with Gasteiger partial charge in [-0.2, -0.15) is 0 Å². The standard InChI is InChI=1S/C9H14B2/c1-6(2)8-4-3-7(10)5-9(8)11/h3-6H,10-11H2,1-2H3. The maximum atomic E-state index is 2.25. The van der Waals surface area contributed by atoms with Gasteiger partial charge in [0.05, 0.1) is 0 Å². The molecule has 1 rings (SSSR count). The maximum absolute atomic E-state index is 2.25. The van der Waals surface area contributed by atoms with Crippen LogP contribution >= 0.6 is 0 Å². The molecule has 0 bridgehead atoms. The van der Waals surface area contributed by atoms with E-state index in [-0.39, 0.29) is 0 Å². The largest absolute Gasteiger partial charge is 0.139 e. The first-order chi connectivity index (χ1) is 5.11. The van der Waals surface area contributed by atoms with Gasteiger partial charge in [0.25, 0.3) is 0 Å². The summed E-state index contributed by atoms with van der Waals surface area (Å²) in [6, 6.07) is 6.66. The molecule has 0 aromatic heterocycles. The fourth-order valence-corrected chi connectivity index (χ4v) is 1.47. The Morgan fingerprint density at radius 1 is 1.18 bits per heavy atom. The van der Waals surface area contributed by atoms with Crippen LogP contribution in [0.3, 0.4) is 0 Å². The molecular weight excluding hydrogens is 130 g/mol. The minimum Gasteiger partial charge on any atom is -0.0895 e. The molecule has 0 unspecified atom stereocenters. The average molecular weight is 144 g/mol. The van der Waals surface area contributed by atoms with Gasteiger partial charge in [-0.3, -0.25) is 0 Å². The molecule has 0 spiro atoms. The van der Waals surface area contributed by atoms with Gasteiger partial charge in [0.1, 0.15) is 15.7 Å². The summed E-state index contributed by atoms with van der Waals surface area (Å²) in [6.07, 6.45) is 0. The van der Waals surface area contributed by atoms with E-state index in [1.807, 2.05) is 0 Å². The Morgan fingerprint density at radius 2 is 1.82 bits per heavy atom. The van der Waals surface area contributed by atoms with Crippen LogP contribution < -0.4 is 10.9 Å². The second-order valence-electron chi connectivity index (χ2n) is 3.51. The third kappa shape index (κ3) is 1.89. The molecule has 0 amide bonds. The lowest BCUT2D eigenvalue weighted by Crippen LogP contribution is -2.18. The number of hydrogen-bond donors (Lipinski definition) is 0. The Morgan fingerprint density at radius 3 is 2.27 bits per heavy atom. The third-order valence-electron chi connectivity index (χ3n) is 2.05. The molecule has 0 saturated heterocycles. The first-order valence-corrected chi connectivity index (χ1v) is 4.18. The van der Waals surface area contributed by atoms with E-state index < -0.39 is 0 Å². The van der Waals surface area contributed by atoms with Gasteiger partial charge in [0.2, 0.25) is 0 Å². The van der Waals surface area contributed by atoms with Crippen LogP contribution in [0.1, 0.15) is 25.3 Å². The molecule has 0 aliphatic rings. The van der Waals surface area contributed by atoms with Crippen molar-refractivity contribution in [3.05, 3.63) is 23.8 Å². The zero-order valence-electron chi connectivity index (χ0n) is 7.81. The van der Waals surface area contributed by atoms with Crippen molar-refractivity contribution in [1.29, 1.82) is 0 Å². The second-order valence-corrected chi connectivity index (χ2v) is 3.51. The van der Waals surface area contributed by atoms with E-state index in [2.05, 4.69) is 47.7 Å². The van der Waals surface area contributed by atoms with E-state index >= 15 is 0 Å². The minimum atomic E-state index is 0.649. The topological polar surface area (TPSA) is 0 Å².